The van der Waals surface area contributed by atoms with E-state index in [4.69, 9.17) is 0 Å². The van der Waals surface area contributed by atoms with Crippen molar-refractivity contribution in [1.29, 1.82) is 0 Å². The smallest absolute Gasteiger partial charge is 0.167 e. The quantitative estimate of drug-likeness (QED) is 0.409. The van der Waals surface area contributed by atoms with Crippen LogP contribution in [0.5, 0.6) is 0 Å². The summed E-state index contributed by atoms with van der Waals surface area (Å²) < 4.78 is 0. The minimum absolute atomic E-state index is 0.280. The molecule has 1 rings (SSSR count). The third-order valence-electron chi connectivity index (χ3n) is 0.760. The minimum atomic E-state index is 0.280. The van der Waals surface area contributed by atoms with Crippen LogP contribution in [0.2, 0.25) is 0 Å². The highest BCUT2D eigenvalue weighted by atomic mass is 16.1. The Bertz CT molecular complexity index is 208. The van der Waals surface area contributed by atoms with Crippen LogP contribution in [-0.4, -0.2) is 18.0 Å². The molecule has 40 valence electrons. The first-order chi connectivity index (χ1) is 3.83. The number of hydrogen-bond acceptors (Lipinski definition) is 3. The van der Waals surface area contributed by atoms with Crippen molar-refractivity contribution in [2.45, 2.75) is 6.92 Å². The van der Waals surface area contributed by atoms with E-state index in [-0.39, 0.29) is 5.70 Å². The number of nitrogens with zero attached hydrogens (tertiary/aromatic N) is 2. The van der Waals surface area contributed by atoms with Crippen LogP contribution in [0.1, 0.15) is 6.92 Å². The Morgan fingerprint density at radius 2 is 2.50 bits per heavy atom. The van der Waals surface area contributed by atoms with Gasteiger partial charge in [-0.2, -0.15) is 0 Å². The van der Waals surface area contributed by atoms with Crippen LogP contribution >= 0.6 is 0 Å². The number of allylic oxidation sites excluding steroid dienone is 1. The molecule has 0 amide bonds. The molecule has 0 bridgehead atoms. The van der Waals surface area contributed by atoms with Crippen molar-refractivity contribution in [1.82, 2.24) is 0 Å². The Hall–Kier alpha value is -1.21. The molecule has 0 aliphatic carbocycles. The molecule has 0 saturated carbocycles. The van der Waals surface area contributed by atoms with Gasteiger partial charge in [-0.3, -0.25) is 0 Å². The Morgan fingerprint density at radius 1 is 1.75 bits per heavy atom. The van der Waals surface area contributed by atoms with E-state index in [2.05, 4.69) is 9.98 Å². The predicted octanol–water partition coefficient (Wildman–Crippen LogP) is 0.205. The molecule has 0 aromatic carbocycles. The van der Waals surface area contributed by atoms with Gasteiger partial charge in [0.05, 0.1) is 6.21 Å². The predicted molar refractivity (Wildman–Crippen MR) is 30.8 cm³/mol. The molecular formula is C5H4N2O. The molecular weight excluding hydrogens is 104 g/mol. The second-order valence-electron chi connectivity index (χ2n) is 1.40. The number of amidine groups is 1. The second-order valence-corrected chi connectivity index (χ2v) is 1.40. The van der Waals surface area contributed by atoms with Crippen molar-refractivity contribution in [3.63, 3.8) is 0 Å². The van der Waals surface area contributed by atoms with Crippen LogP contribution in [0.15, 0.2) is 15.7 Å². The third-order valence-corrected chi connectivity index (χ3v) is 0.760. The van der Waals surface area contributed by atoms with Gasteiger partial charge in [-0.25, -0.2) is 14.8 Å². The van der Waals surface area contributed by atoms with Crippen LogP contribution in [0.4, 0.5) is 0 Å². The van der Waals surface area contributed by atoms with Crippen LogP contribution < -0.4 is 0 Å². The first-order valence-corrected chi connectivity index (χ1v) is 2.17. The lowest BCUT2D eigenvalue weighted by atomic mass is 10.6. The fourth-order valence-corrected chi connectivity index (χ4v) is 0.436. The molecule has 0 aromatic rings. The molecule has 3 heteroatoms. The van der Waals surface area contributed by atoms with Gasteiger partial charge in [0.2, 0.25) is 0 Å². The number of carbonyl (C=O) groups excluding carboxylic acids is 1. The van der Waals surface area contributed by atoms with Crippen molar-refractivity contribution >= 4 is 18.0 Å². The normalized spacial score (nSPS) is 16.1. The highest BCUT2D eigenvalue weighted by Crippen LogP contribution is 1.96. The van der Waals surface area contributed by atoms with Crippen molar-refractivity contribution in [2.24, 2.45) is 9.98 Å². The summed E-state index contributed by atoms with van der Waals surface area (Å²) in [7, 11) is 0. The fourth-order valence-electron chi connectivity index (χ4n) is 0.436. The van der Waals surface area contributed by atoms with E-state index in [0.29, 0.717) is 5.84 Å². The number of rotatable bonds is 0. The summed E-state index contributed by atoms with van der Waals surface area (Å²) in [5.41, 5.74) is 0.280. The summed E-state index contributed by atoms with van der Waals surface area (Å²) in [6, 6.07) is 0. The standard InChI is InChI=1S/C5H4N2O/c1-4-6-2-5(3-8)7-4/h2H,1H3. The van der Waals surface area contributed by atoms with Gasteiger partial charge in [-0.15, -0.1) is 0 Å². The van der Waals surface area contributed by atoms with Gasteiger partial charge in [0.15, 0.2) is 11.6 Å². The van der Waals surface area contributed by atoms with E-state index in [1.54, 1.807) is 12.9 Å². The summed E-state index contributed by atoms with van der Waals surface area (Å²) in [4.78, 5) is 17.2. The summed E-state index contributed by atoms with van der Waals surface area (Å²) in [6.07, 6.45) is 1.39. The summed E-state index contributed by atoms with van der Waals surface area (Å²) in [5.74, 6) is 2.24. The molecule has 0 spiro atoms. The van der Waals surface area contributed by atoms with E-state index in [0.717, 1.165) is 0 Å². The molecule has 0 radical (unpaired) electrons. The molecule has 8 heavy (non-hydrogen) atoms. The average Bonchev–Trinajstić information content (AvgIpc) is 2.14. The summed E-state index contributed by atoms with van der Waals surface area (Å²) in [6.45, 7) is 1.72. The van der Waals surface area contributed by atoms with Crippen LogP contribution in [0, 0.1) is 0 Å². The maximum atomic E-state index is 9.79. The molecule has 3 nitrogen and oxygen atoms in total. The van der Waals surface area contributed by atoms with E-state index in [1.165, 1.54) is 6.21 Å². The summed E-state index contributed by atoms with van der Waals surface area (Å²) in [5, 5.41) is 0. The summed E-state index contributed by atoms with van der Waals surface area (Å²) >= 11 is 0. The van der Waals surface area contributed by atoms with Crippen LogP contribution in [0.25, 0.3) is 0 Å². The lowest BCUT2D eigenvalue weighted by Crippen LogP contribution is -1.74. The largest absolute Gasteiger partial charge is 0.239 e. The monoisotopic (exact) mass is 108 g/mol. The SMILES string of the molecule is CC1=NC(=C=O)C=N1. The Morgan fingerprint density at radius 3 is 2.75 bits per heavy atom. The maximum Gasteiger partial charge on any atom is 0.167 e. The minimum Gasteiger partial charge on any atom is -0.239 e. The zero-order valence-electron chi connectivity index (χ0n) is 4.38. The molecule has 1 heterocycles. The Kier molecular flexibility index (Phi) is 1.06. The van der Waals surface area contributed by atoms with Gasteiger partial charge in [0, 0.05) is 0 Å². The van der Waals surface area contributed by atoms with Gasteiger partial charge in [-0.05, 0) is 6.92 Å². The zero-order valence-corrected chi connectivity index (χ0v) is 4.38. The first-order valence-electron chi connectivity index (χ1n) is 2.17. The topological polar surface area (TPSA) is 41.8 Å². The molecule has 0 saturated heterocycles. The van der Waals surface area contributed by atoms with Gasteiger partial charge in [0.1, 0.15) is 5.84 Å². The highest BCUT2D eigenvalue weighted by Gasteiger charge is 1.98. The Labute approximate surface area is 46.5 Å². The fraction of sp³-hybridized carbons (Fsp3) is 0.200. The molecule has 0 unspecified atom stereocenters. The Balaban J connectivity index is 3.01. The van der Waals surface area contributed by atoms with E-state index in [1.807, 2.05) is 0 Å². The van der Waals surface area contributed by atoms with Gasteiger partial charge >= 0.3 is 0 Å². The third kappa shape index (κ3) is 0.718. The van der Waals surface area contributed by atoms with Crippen LogP contribution in [0.3, 0.4) is 0 Å². The molecule has 1 aliphatic rings. The van der Waals surface area contributed by atoms with Crippen molar-refractivity contribution in [2.75, 3.05) is 0 Å². The number of hydrogen-bond donors (Lipinski definition) is 0. The van der Waals surface area contributed by atoms with E-state index < -0.39 is 0 Å². The van der Waals surface area contributed by atoms with Crippen molar-refractivity contribution in [3.05, 3.63) is 5.70 Å². The van der Waals surface area contributed by atoms with Crippen molar-refractivity contribution < 1.29 is 4.79 Å². The molecule has 0 fully saturated rings. The van der Waals surface area contributed by atoms with Crippen molar-refractivity contribution in [3.8, 4) is 0 Å². The maximum absolute atomic E-state index is 9.79. The number of aliphatic imine (C=N–C) groups is 2. The lowest BCUT2D eigenvalue weighted by molar-refractivity contribution is 0.568. The van der Waals surface area contributed by atoms with E-state index in [9.17, 15) is 4.79 Å². The van der Waals surface area contributed by atoms with Gasteiger partial charge in [-0.1, -0.05) is 0 Å². The molecule has 0 atom stereocenters. The highest BCUT2D eigenvalue weighted by molar-refractivity contribution is 6.04. The molecule has 1 aliphatic heterocycles. The van der Waals surface area contributed by atoms with E-state index >= 15 is 0 Å². The van der Waals surface area contributed by atoms with Crippen LogP contribution in [-0.2, 0) is 4.79 Å². The lowest BCUT2D eigenvalue weighted by Gasteiger charge is -1.72. The van der Waals surface area contributed by atoms with Gasteiger partial charge < -0.3 is 0 Å². The zero-order chi connectivity index (χ0) is 5.98. The van der Waals surface area contributed by atoms with Gasteiger partial charge in [0.25, 0.3) is 0 Å². The second kappa shape index (κ2) is 1.72. The first kappa shape index (κ1) is 4.94. The average molecular weight is 108 g/mol. The molecule has 0 N–H and O–H groups in total. The molecule has 0 aromatic heterocycles.